The molecule has 3 nitrogen and oxygen atoms in total. The van der Waals surface area contributed by atoms with Gasteiger partial charge in [0, 0.05) is 24.4 Å². The summed E-state index contributed by atoms with van der Waals surface area (Å²) in [5, 5.41) is 10.2. The number of allylic oxidation sites excluding steroid dienone is 5. The van der Waals surface area contributed by atoms with Crippen LogP contribution in [0.4, 0.5) is 0 Å². The molecule has 0 saturated carbocycles. The maximum absolute atomic E-state index is 11.8. The van der Waals surface area contributed by atoms with Crippen molar-refractivity contribution in [3.63, 3.8) is 0 Å². The Labute approximate surface area is 90.3 Å². The Morgan fingerprint density at radius 1 is 1.00 bits per heavy atom. The Hall–Kier alpha value is -1.35. The highest BCUT2D eigenvalue weighted by Gasteiger charge is 2.22. The Morgan fingerprint density at radius 2 is 1.40 bits per heavy atom. The maximum Gasteiger partial charge on any atom is 0.184 e. The second kappa shape index (κ2) is 4.03. The minimum absolute atomic E-state index is 0.0998. The minimum atomic E-state index is 0.0998. The molecule has 0 unspecified atom stereocenters. The molecule has 0 aromatic heterocycles. The van der Waals surface area contributed by atoms with E-state index in [-0.39, 0.29) is 5.78 Å². The Balaban J connectivity index is 3.34. The predicted molar refractivity (Wildman–Crippen MR) is 59.4 cm³/mol. The highest BCUT2D eigenvalue weighted by atomic mass is 16.5. The smallest absolute Gasteiger partial charge is 0.184 e. The lowest BCUT2D eigenvalue weighted by Gasteiger charge is -2.21. The molecule has 0 amide bonds. The molecule has 82 valence electrons. The molecular formula is C12H17NO2. The highest BCUT2D eigenvalue weighted by molar-refractivity contribution is 6.11. The van der Waals surface area contributed by atoms with Crippen LogP contribution in [0.25, 0.3) is 0 Å². The predicted octanol–water partition coefficient (Wildman–Crippen LogP) is 2.45. The van der Waals surface area contributed by atoms with Gasteiger partial charge in [0.15, 0.2) is 5.78 Å². The molecule has 0 heterocycles. The largest absolute Gasteiger partial charge is 0.289 e. The van der Waals surface area contributed by atoms with Gasteiger partial charge in [-0.2, -0.15) is 0 Å². The number of ketones is 1. The van der Waals surface area contributed by atoms with Crippen LogP contribution in [0, 0.1) is 0 Å². The summed E-state index contributed by atoms with van der Waals surface area (Å²) in [6.45, 7) is 7.44. The third-order valence-corrected chi connectivity index (χ3v) is 2.93. The zero-order chi connectivity index (χ0) is 11.7. The summed E-state index contributed by atoms with van der Waals surface area (Å²) in [5.74, 6) is 0.0998. The van der Waals surface area contributed by atoms with Gasteiger partial charge in [0.2, 0.25) is 0 Å². The molecule has 0 radical (unpaired) electrons. The summed E-state index contributed by atoms with van der Waals surface area (Å²) in [7, 11) is 1.55. The molecule has 0 aromatic carbocycles. The molecule has 1 aliphatic carbocycles. The van der Waals surface area contributed by atoms with E-state index in [0.29, 0.717) is 0 Å². The second-order valence-electron chi connectivity index (χ2n) is 3.95. The van der Waals surface area contributed by atoms with Crippen LogP contribution in [0.5, 0.6) is 0 Å². The lowest BCUT2D eigenvalue weighted by atomic mass is 9.84. The zero-order valence-electron chi connectivity index (χ0n) is 9.88. The van der Waals surface area contributed by atoms with E-state index in [1.165, 1.54) is 0 Å². The lowest BCUT2D eigenvalue weighted by molar-refractivity contribution is -0.112. The molecule has 1 aliphatic rings. The average Bonchev–Trinajstić information content (AvgIpc) is 2.18. The summed E-state index contributed by atoms with van der Waals surface area (Å²) in [6.07, 6.45) is 1.63. The Morgan fingerprint density at radius 3 is 1.73 bits per heavy atom. The van der Waals surface area contributed by atoms with Gasteiger partial charge < -0.3 is 0 Å². The van der Waals surface area contributed by atoms with Crippen molar-refractivity contribution in [3.05, 3.63) is 34.1 Å². The van der Waals surface area contributed by atoms with Gasteiger partial charge in [-0.1, -0.05) is 0 Å². The van der Waals surface area contributed by atoms with Gasteiger partial charge in [0.25, 0.3) is 0 Å². The van der Waals surface area contributed by atoms with Crippen molar-refractivity contribution < 1.29 is 10.0 Å². The summed E-state index contributed by atoms with van der Waals surface area (Å²) in [6, 6.07) is 0. The van der Waals surface area contributed by atoms with Crippen LogP contribution >= 0.6 is 0 Å². The summed E-state index contributed by atoms with van der Waals surface area (Å²) in [5.41, 5.74) is 4.31. The van der Waals surface area contributed by atoms with E-state index >= 15 is 0 Å². The fraction of sp³-hybridized carbons (Fsp3) is 0.417. The number of hydroxylamine groups is 2. The number of carbonyl (C=O) groups is 1. The lowest BCUT2D eigenvalue weighted by Crippen LogP contribution is -2.15. The van der Waals surface area contributed by atoms with Crippen LogP contribution in [0.15, 0.2) is 34.1 Å². The first kappa shape index (κ1) is 11.7. The van der Waals surface area contributed by atoms with Crippen molar-refractivity contribution in [1.82, 2.24) is 5.06 Å². The molecule has 0 atom stereocenters. The first-order valence-corrected chi connectivity index (χ1v) is 4.90. The molecule has 0 saturated heterocycles. The van der Waals surface area contributed by atoms with Gasteiger partial charge in [-0.05, 0) is 44.4 Å². The van der Waals surface area contributed by atoms with Crippen molar-refractivity contribution in [2.75, 3.05) is 7.05 Å². The molecular weight excluding hydrogens is 190 g/mol. The first-order chi connectivity index (χ1) is 6.86. The average molecular weight is 207 g/mol. The molecule has 0 aromatic rings. The zero-order valence-corrected chi connectivity index (χ0v) is 9.88. The second-order valence-corrected chi connectivity index (χ2v) is 3.95. The van der Waals surface area contributed by atoms with Crippen molar-refractivity contribution in [3.8, 4) is 0 Å². The molecule has 0 aliphatic heterocycles. The van der Waals surface area contributed by atoms with Gasteiger partial charge in [0.1, 0.15) is 0 Å². The maximum atomic E-state index is 11.8. The quantitative estimate of drug-likeness (QED) is 0.671. The van der Waals surface area contributed by atoms with Gasteiger partial charge in [-0.25, -0.2) is 0 Å². The Kier molecular flexibility index (Phi) is 3.15. The van der Waals surface area contributed by atoms with E-state index in [9.17, 15) is 10.0 Å². The molecule has 0 bridgehead atoms. The summed E-state index contributed by atoms with van der Waals surface area (Å²) >= 11 is 0. The summed E-state index contributed by atoms with van der Waals surface area (Å²) < 4.78 is 0. The van der Waals surface area contributed by atoms with Crippen LogP contribution in [0.2, 0.25) is 0 Å². The number of rotatable bonds is 1. The van der Waals surface area contributed by atoms with Gasteiger partial charge in [-0.3, -0.25) is 15.1 Å². The first-order valence-electron chi connectivity index (χ1n) is 4.90. The van der Waals surface area contributed by atoms with E-state index in [0.717, 1.165) is 32.9 Å². The molecule has 15 heavy (non-hydrogen) atoms. The van der Waals surface area contributed by atoms with Crippen LogP contribution in [0.1, 0.15) is 27.7 Å². The van der Waals surface area contributed by atoms with E-state index in [1.54, 1.807) is 13.2 Å². The minimum Gasteiger partial charge on any atom is -0.289 e. The normalized spacial score (nSPS) is 17.5. The van der Waals surface area contributed by atoms with Crippen molar-refractivity contribution in [1.29, 1.82) is 0 Å². The monoisotopic (exact) mass is 207 g/mol. The number of Topliss-reactive ketones (excluding diaryl/α,β-unsaturated/α-hetero) is 1. The highest BCUT2D eigenvalue weighted by Crippen LogP contribution is 2.31. The van der Waals surface area contributed by atoms with Crippen LogP contribution < -0.4 is 0 Å². The van der Waals surface area contributed by atoms with Crippen LogP contribution in [-0.2, 0) is 4.79 Å². The van der Waals surface area contributed by atoms with E-state index in [2.05, 4.69) is 0 Å². The Bertz CT molecular complexity index is 368. The van der Waals surface area contributed by atoms with Crippen molar-refractivity contribution in [2.45, 2.75) is 27.7 Å². The van der Waals surface area contributed by atoms with Crippen molar-refractivity contribution >= 4 is 5.78 Å². The third-order valence-electron chi connectivity index (χ3n) is 2.93. The van der Waals surface area contributed by atoms with E-state index < -0.39 is 0 Å². The van der Waals surface area contributed by atoms with Crippen LogP contribution in [0.3, 0.4) is 0 Å². The molecule has 3 heteroatoms. The number of nitrogens with zero attached hydrogens (tertiary/aromatic N) is 1. The molecule has 0 spiro atoms. The van der Waals surface area contributed by atoms with E-state index in [1.807, 2.05) is 27.7 Å². The third kappa shape index (κ3) is 2.02. The summed E-state index contributed by atoms with van der Waals surface area (Å²) in [4.78, 5) is 11.8. The van der Waals surface area contributed by atoms with E-state index in [4.69, 9.17) is 0 Å². The number of hydrogen-bond donors (Lipinski definition) is 1. The molecule has 1 rings (SSSR count). The van der Waals surface area contributed by atoms with Crippen LogP contribution in [-0.4, -0.2) is 23.1 Å². The molecule has 1 N–H and O–H groups in total. The molecule has 0 fully saturated rings. The van der Waals surface area contributed by atoms with Gasteiger partial charge >= 0.3 is 0 Å². The van der Waals surface area contributed by atoms with Crippen molar-refractivity contribution in [2.24, 2.45) is 0 Å². The SMILES string of the molecule is CC1=C(C)C(=CN(C)O)C(C)=C(C)C1=O. The van der Waals surface area contributed by atoms with Gasteiger partial charge in [-0.15, -0.1) is 0 Å². The fourth-order valence-corrected chi connectivity index (χ4v) is 1.69. The standard InChI is InChI=1S/C12H17NO2/c1-7-9(3)12(14)10(4)8(2)11(7)6-13(5)15/h6,15H,1-5H3. The fourth-order valence-electron chi connectivity index (χ4n) is 1.69. The number of hydrogen-bond acceptors (Lipinski definition) is 3. The van der Waals surface area contributed by atoms with Gasteiger partial charge in [0.05, 0.1) is 0 Å². The number of carbonyl (C=O) groups excluding carboxylic acids is 1. The topological polar surface area (TPSA) is 40.5 Å².